The number of rotatable bonds is 4. The maximum atomic E-state index is 10.9. The van der Waals surface area contributed by atoms with Gasteiger partial charge >= 0.3 is 5.97 Å². The zero-order valence-electron chi connectivity index (χ0n) is 11.9. The molecule has 1 aromatic carbocycles. The Morgan fingerprint density at radius 3 is 2.83 bits per heavy atom. The van der Waals surface area contributed by atoms with Crippen LogP contribution in [0.15, 0.2) is 47.2 Å². The average Bonchev–Trinajstić information content (AvgIpc) is 3.25. The molecule has 23 heavy (non-hydrogen) atoms. The lowest BCUT2D eigenvalue weighted by molar-refractivity contribution is -0.136. The fourth-order valence-corrected chi connectivity index (χ4v) is 4.24. The van der Waals surface area contributed by atoms with Gasteiger partial charge in [0.25, 0.3) is 0 Å². The van der Waals surface area contributed by atoms with E-state index in [1.54, 1.807) is 11.3 Å². The van der Waals surface area contributed by atoms with E-state index in [9.17, 15) is 4.79 Å². The van der Waals surface area contributed by atoms with Crippen molar-refractivity contribution in [3.8, 4) is 21.1 Å². The van der Waals surface area contributed by atoms with Crippen molar-refractivity contribution in [1.82, 2.24) is 9.97 Å². The molecule has 0 saturated heterocycles. The minimum atomic E-state index is -0.862. The molecule has 4 aromatic rings. The van der Waals surface area contributed by atoms with Crippen LogP contribution in [0.2, 0.25) is 0 Å². The zero-order valence-corrected chi connectivity index (χ0v) is 13.6. The normalized spacial score (nSPS) is 11.1. The number of para-hydroxylation sites is 1. The van der Waals surface area contributed by atoms with Crippen molar-refractivity contribution >= 4 is 39.5 Å². The van der Waals surface area contributed by atoms with Gasteiger partial charge in [0.05, 0.1) is 22.7 Å². The van der Waals surface area contributed by atoms with Crippen molar-refractivity contribution in [2.24, 2.45) is 0 Å². The quantitative estimate of drug-likeness (QED) is 0.568. The highest BCUT2D eigenvalue weighted by atomic mass is 32.1. The Labute approximate surface area is 140 Å². The molecule has 6 heteroatoms. The van der Waals surface area contributed by atoms with E-state index in [2.05, 4.69) is 22.1 Å². The number of carbonyl (C=O) groups is 1. The third kappa shape index (κ3) is 2.56. The second-order valence-electron chi connectivity index (χ2n) is 5.11. The highest BCUT2D eigenvalue weighted by Gasteiger charge is 2.18. The summed E-state index contributed by atoms with van der Waals surface area (Å²) >= 11 is 3.15. The van der Waals surface area contributed by atoms with Crippen LogP contribution in [0.1, 0.15) is 5.69 Å². The number of hydrogen-bond acceptors (Lipinski definition) is 4. The number of fused-ring (bicyclic) bond motifs is 1. The van der Waals surface area contributed by atoms with E-state index in [0.29, 0.717) is 5.69 Å². The summed E-state index contributed by atoms with van der Waals surface area (Å²) in [5, 5.41) is 14.8. The molecule has 0 spiro atoms. The van der Waals surface area contributed by atoms with Crippen molar-refractivity contribution in [2.45, 2.75) is 6.42 Å². The number of thiophene rings is 1. The second-order valence-corrected chi connectivity index (χ2v) is 6.92. The first-order valence-electron chi connectivity index (χ1n) is 7.03. The van der Waals surface area contributed by atoms with Crippen LogP contribution >= 0.6 is 22.7 Å². The van der Waals surface area contributed by atoms with Gasteiger partial charge in [-0.05, 0) is 17.5 Å². The standard InChI is InChI=1S/C17H12N2O2S2/c20-14(21)8-10-9-23-17(18-10)15-11-4-1-2-5-12(11)19-16(15)13-6-3-7-22-13/h1-7,9,19H,8H2,(H,20,21). The number of nitrogens with one attached hydrogen (secondary N) is 1. The Morgan fingerprint density at radius 2 is 2.04 bits per heavy atom. The smallest absolute Gasteiger partial charge is 0.309 e. The second kappa shape index (κ2) is 5.64. The van der Waals surface area contributed by atoms with Crippen molar-refractivity contribution in [3.05, 3.63) is 52.9 Å². The van der Waals surface area contributed by atoms with Crippen LogP contribution in [0.3, 0.4) is 0 Å². The van der Waals surface area contributed by atoms with Gasteiger partial charge < -0.3 is 10.1 Å². The van der Waals surface area contributed by atoms with Gasteiger partial charge in [-0.2, -0.15) is 0 Å². The van der Waals surface area contributed by atoms with Gasteiger partial charge in [-0.15, -0.1) is 22.7 Å². The Balaban J connectivity index is 1.92. The average molecular weight is 340 g/mol. The summed E-state index contributed by atoms with van der Waals surface area (Å²) in [7, 11) is 0. The number of carboxylic acids is 1. The predicted octanol–water partition coefficient (Wildman–Crippen LogP) is 4.65. The molecule has 114 valence electrons. The number of thiazole rings is 1. The fraction of sp³-hybridized carbons (Fsp3) is 0.0588. The van der Waals surface area contributed by atoms with Gasteiger partial charge in [-0.25, -0.2) is 4.98 Å². The molecule has 4 rings (SSSR count). The molecule has 0 fully saturated rings. The molecule has 0 amide bonds. The van der Waals surface area contributed by atoms with Gasteiger partial charge in [-0.1, -0.05) is 24.3 Å². The summed E-state index contributed by atoms with van der Waals surface area (Å²) in [5.74, 6) is -0.862. The maximum absolute atomic E-state index is 10.9. The maximum Gasteiger partial charge on any atom is 0.309 e. The predicted molar refractivity (Wildman–Crippen MR) is 94.1 cm³/mol. The molecule has 0 aliphatic rings. The number of nitrogens with zero attached hydrogens (tertiary/aromatic N) is 1. The lowest BCUT2D eigenvalue weighted by atomic mass is 10.1. The van der Waals surface area contributed by atoms with E-state index in [4.69, 9.17) is 5.11 Å². The lowest BCUT2D eigenvalue weighted by Gasteiger charge is -1.99. The SMILES string of the molecule is O=C(O)Cc1csc(-c2c(-c3cccs3)[nH]c3ccccc23)n1. The first-order valence-corrected chi connectivity index (χ1v) is 8.79. The monoisotopic (exact) mass is 340 g/mol. The zero-order chi connectivity index (χ0) is 15.8. The van der Waals surface area contributed by atoms with E-state index in [1.165, 1.54) is 11.3 Å². The van der Waals surface area contributed by atoms with Crippen molar-refractivity contribution in [3.63, 3.8) is 0 Å². The summed E-state index contributed by atoms with van der Waals surface area (Å²) in [5.41, 5.74) is 3.74. The molecule has 0 saturated carbocycles. The summed E-state index contributed by atoms with van der Waals surface area (Å²) in [6.45, 7) is 0. The summed E-state index contributed by atoms with van der Waals surface area (Å²) in [4.78, 5) is 20.0. The van der Waals surface area contributed by atoms with E-state index >= 15 is 0 Å². The Kier molecular flexibility index (Phi) is 3.48. The van der Waals surface area contributed by atoms with Gasteiger partial charge in [0.15, 0.2) is 0 Å². The number of aromatic nitrogens is 2. The summed E-state index contributed by atoms with van der Waals surface area (Å²) in [6.07, 6.45) is -0.0484. The number of aromatic amines is 1. The van der Waals surface area contributed by atoms with Crippen molar-refractivity contribution < 1.29 is 9.90 Å². The Morgan fingerprint density at radius 1 is 1.17 bits per heavy atom. The van der Waals surface area contributed by atoms with E-state index in [0.717, 1.165) is 32.0 Å². The van der Waals surface area contributed by atoms with Crippen LogP contribution < -0.4 is 0 Å². The largest absolute Gasteiger partial charge is 0.481 e. The van der Waals surface area contributed by atoms with Crippen molar-refractivity contribution in [2.75, 3.05) is 0 Å². The van der Waals surface area contributed by atoms with Crippen LogP contribution in [0, 0.1) is 0 Å². The summed E-state index contributed by atoms with van der Waals surface area (Å²) in [6, 6.07) is 12.2. The molecule has 4 nitrogen and oxygen atoms in total. The fourth-order valence-electron chi connectivity index (χ4n) is 2.63. The van der Waals surface area contributed by atoms with E-state index in [1.807, 2.05) is 35.0 Å². The molecule has 0 atom stereocenters. The van der Waals surface area contributed by atoms with E-state index in [-0.39, 0.29) is 6.42 Å². The van der Waals surface area contributed by atoms with Gasteiger partial charge in [0.1, 0.15) is 5.01 Å². The van der Waals surface area contributed by atoms with Crippen molar-refractivity contribution in [1.29, 1.82) is 0 Å². The third-order valence-electron chi connectivity index (χ3n) is 3.57. The molecule has 3 aromatic heterocycles. The Hall–Kier alpha value is -2.44. The third-order valence-corrected chi connectivity index (χ3v) is 5.37. The van der Waals surface area contributed by atoms with Crippen LogP contribution in [0.5, 0.6) is 0 Å². The number of hydrogen-bond donors (Lipinski definition) is 2. The number of benzene rings is 1. The Bertz CT molecular complexity index is 983. The minimum absolute atomic E-state index is 0.0484. The highest BCUT2D eigenvalue weighted by molar-refractivity contribution is 7.14. The van der Waals surface area contributed by atoms with Crippen LogP contribution in [-0.4, -0.2) is 21.0 Å². The van der Waals surface area contributed by atoms with Crippen LogP contribution in [0.25, 0.3) is 32.0 Å². The lowest BCUT2D eigenvalue weighted by Crippen LogP contribution is -1.99. The first kappa shape index (κ1) is 14.2. The van der Waals surface area contributed by atoms with E-state index < -0.39 is 5.97 Å². The molecular weight excluding hydrogens is 328 g/mol. The topological polar surface area (TPSA) is 66.0 Å². The molecule has 3 heterocycles. The molecule has 2 N–H and O–H groups in total. The molecule has 0 unspecified atom stereocenters. The highest BCUT2D eigenvalue weighted by Crippen LogP contribution is 2.40. The number of carboxylic acid groups (broad SMARTS) is 1. The number of aliphatic carboxylic acids is 1. The summed E-state index contributed by atoms with van der Waals surface area (Å²) < 4.78 is 0. The number of H-pyrrole nitrogens is 1. The molecule has 0 aliphatic heterocycles. The molecule has 0 bridgehead atoms. The van der Waals surface area contributed by atoms with Gasteiger partial charge in [-0.3, -0.25) is 4.79 Å². The van der Waals surface area contributed by atoms with Crippen LogP contribution in [-0.2, 0) is 11.2 Å². The molecule has 0 aliphatic carbocycles. The van der Waals surface area contributed by atoms with Gasteiger partial charge in [0.2, 0.25) is 0 Å². The first-order chi connectivity index (χ1) is 11.2. The molecule has 0 radical (unpaired) electrons. The van der Waals surface area contributed by atoms with Crippen LogP contribution in [0.4, 0.5) is 0 Å². The molecular formula is C17H12N2O2S2. The van der Waals surface area contributed by atoms with Gasteiger partial charge in [0, 0.05) is 21.8 Å². The minimum Gasteiger partial charge on any atom is -0.481 e.